The molecule has 1 unspecified atom stereocenters. The van der Waals surface area contributed by atoms with Crippen molar-refractivity contribution in [1.29, 1.82) is 5.26 Å². The van der Waals surface area contributed by atoms with Gasteiger partial charge in [0.05, 0.1) is 17.1 Å². The summed E-state index contributed by atoms with van der Waals surface area (Å²) in [6.45, 7) is 1.81. The summed E-state index contributed by atoms with van der Waals surface area (Å²) in [5, 5.41) is 28.2. The number of thioether (sulfide) groups is 1. The Hall–Kier alpha value is -1.58. The predicted octanol–water partition coefficient (Wildman–Crippen LogP) is 1.94. The van der Waals surface area contributed by atoms with E-state index in [1.165, 1.54) is 30.0 Å². The molecular weight excluding hydrogens is 228 g/mol. The molecule has 0 aliphatic heterocycles. The minimum Gasteiger partial charge on any atom is -0.395 e. The van der Waals surface area contributed by atoms with Crippen LogP contribution in [0.1, 0.15) is 12.5 Å². The second-order valence-corrected chi connectivity index (χ2v) is 4.64. The highest BCUT2D eigenvalue weighted by Gasteiger charge is 2.12. The number of non-ortho nitro benzene ring substituents is 1. The third-order valence-electron chi connectivity index (χ3n) is 1.88. The van der Waals surface area contributed by atoms with Gasteiger partial charge in [-0.25, -0.2) is 0 Å². The Kier molecular flexibility index (Phi) is 4.28. The van der Waals surface area contributed by atoms with Gasteiger partial charge in [-0.1, -0.05) is 6.92 Å². The molecule has 1 atom stereocenters. The van der Waals surface area contributed by atoms with E-state index in [2.05, 4.69) is 0 Å². The quantitative estimate of drug-likeness (QED) is 0.492. The molecule has 1 N–H and O–H groups in total. The lowest BCUT2D eigenvalue weighted by atomic mass is 10.2. The number of nitrogens with zero attached hydrogens (tertiary/aromatic N) is 2. The number of hydrogen-bond acceptors (Lipinski definition) is 5. The second kappa shape index (κ2) is 5.49. The second-order valence-electron chi connectivity index (χ2n) is 3.16. The van der Waals surface area contributed by atoms with Crippen LogP contribution in [0.5, 0.6) is 0 Å². The Labute approximate surface area is 96.9 Å². The molecule has 0 amide bonds. The molecule has 0 aliphatic carbocycles. The zero-order valence-electron chi connectivity index (χ0n) is 8.58. The molecule has 0 bridgehead atoms. The summed E-state index contributed by atoms with van der Waals surface area (Å²) in [5.41, 5.74) is 0.164. The van der Waals surface area contributed by atoms with Crippen LogP contribution in [-0.4, -0.2) is 21.9 Å². The Morgan fingerprint density at radius 2 is 2.38 bits per heavy atom. The number of nitro benzene ring substituents is 1. The van der Waals surface area contributed by atoms with Crippen molar-refractivity contribution in [2.24, 2.45) is 0 Å². The van der Waals surface area contributed by atoms with Gasteiger partial charge in [-0.3, -0.25) is 10.1 Å². The van der Waals surface area contributed by atoms with Crippen LogP contribution in [0.15, 0.2) is 23.1 Å². The molecule has 0 fully saturated rings. The topological polar surface area (TPSA) is 87.2 Å². The highest BCUT2D eigenvalue weighted by molar-refractivity contribution is 8.00. The number of aliphatic hydroxyl groups excluding tert-OH is 1. The summed E-state index contributed by atoms with van der Waals surface area (Å²) in [6.07, 6.45) is 0. The van der Waals surface area contributed by atoms with E-state index in [1.807, 2.05) is 13.0 Å². The van der Waals surface area contributed by atoms with E-state index in [0.717, 1.165) is 0 Å². The van der Waals surface area contributed by atoms with Crippen LogP contribution < -0.4 is 0 Å². The van der Waals surface area contributed by atoms with Crippen molar-refractivity contribution in [2.75, 3.05) is 6.61 Å². The molecule has 16 heavy (non-hydrogen) atoms. The fourth-order valence-corrected chi connectivity index (χ4v) is 1.96. The van der Waals surface area contributed by atoms with Crippen molar-refractivity contribution >= 4 is 17.4 Å². The van der Waals surface area contributed by atoms with Gasteiger partial charge in [0.15, 0.2) is 0 Å². The molecule has 6 heteroatoms. The highest BCUT2D eigenvalue weighted by Crippen LogP contribution is 2.28. The van der Waals surface area contributed by atoms with Crippen molar-refractivity contribution in [3.63, 3.8) is 0 Å². The lowest BCUT2D eigenvalue weighted by Crippen LogP contribution is -2.02. The molecule has 0 aliphatic rings. The van der Waals surface area contributed by atoms with Gasteiger partial charge in [0, 0.05) is 22.3 Å². The lowest BCUT2D eigenvalue weighted by molar-refractivity contribution is -0.384. The number of rotatable bonds is 4. The van der Waals surface area contributed by atoms with Crippen LogP contribution in [0, 0.1) is 21.4 Å². The van der Waals surface area contributed by atoms with Crippen molar-refractivity contribution < 1.29 is 10.0 Å². The highest BCUT2D eigenvalue weighted by atomic mass is 32.2. The molecule has 1 rings (SSSR count). The summed E-state index contributed by atoms with van der Waals surface area (Å²) in [5.74, 6) is 0. The molecule has 84 valence electrons. The van der Waals surface area contributed by atoms with Gasteiger partial charge >= 0.3 is 0 Å². The molecule has 0 aromatic heterocycles. The molecule has 0 saturated heterocycles. The van der Waals surface area contributed by atoms with E-state index in [-0.39, 0.29) is 23.1 Å². The van der Waals surface area contributed by atoms with E-state index >= 15 is 0 Å². The number of nitriles is 1. The Bertz CT molecular complexity index is 442. The lowest BCUT2D eigenvalue weighted by Gasteiger charge is -2.08. The van der Waals surface area contributed by atoms with E-state index in [1.54, 1.807) is 0 Å². The molecule has 5 nitrogen and oxygen atoms in total. The van der Waals surface area contributed by atoms with E-state index < -0.39 is 4.92 Å². The zero-order valence-corrected chi connectivity index (χ0v) is 9.40. The SMILES string of the molecule is CC(CO)Sc1ccc([N+](=O)[O-])cc1C#N. The van der Waals surface area contributed by atoms with E-state index in [4.69, 9.17) is 10.4 Å². The van der Waals surface area contributed by atoms with Crippen LogP contribution in [0.2, 0.25) is 0 Å². The fraction of sp³-hybridized carbons (Fsp3) is 0.300. The largest absolute Gasteiger partial charge is 0.395 e. The van der Waals surface area contributed by atoms with Gasteiger partial charge < -0.3 is 5.11 Å². The Morgan fingerprint density at radius 1 is 1.69 bits per heavy atom. The summed E-state index contributed by atoms with van der Waals surface area (Å²) < 4.78 is 0. The summed E-state index contributed by atoms with van der Waals surface area (Å²) in [7, 11) is 0. The monoisotopic (exact) mass is 238 g/mol. The molecular formula is C10H10N2O3S. The van der Waals surface area contributed by atoms with Gasteiger partial charge in [-0.2, -0.15) is 5.26 Å². The number of hydrogen-bond donors (Lipinski definition) is 1. The average Bonchev–Trinajstić information content (AvgIpc) is 2.29. The van der Waals surface area contributed by atoms with Crippen molar-refractivity contribution in [1.82, 2.24) is 0 Å². The zero-order chi connectivity index (χ0) is 12.1. The first-order valence-corrected chi connectivity index (χ1v) is 5.42. The number of aliphatic hydroxyl groups is 1. The van der Waals surface area contributed by atoms with Crippen LogP contribution in [0.25, 0.3) is 0 Å². The van der Waals surface area contributed by atoms with Gasteiger partial charge in [0.2, 0.25) is 0 Å². The van der Waals surface area contributed by atoms with Crippen molar-refractivity contribution in [3.8, 4) is 6.07 Å². The van der Waals surface area contributed by atoms with E-state index in [9.17, 15) is 10.1 Å². The molecule has 0 spiro atoms. The predicted molar refractivity (Wildman–Crippen MR) is 60.2 cm³/mol. The maximum Gasteiger partial charge on any atom is 0.270 e. The molecule has 1 aromatic carbocycles. The Morgan fingerprint density at radius 3 is 2.88 bits per heavy atom. The van der Waals surface area contributed by atoms with Crippen molar-refractivity contribution in [2.45, 2.75) is 17.1 Å². The first kappa shape index (κ1) is 12.5. The van der Waals surface area contributed by atoms with Crippen LogP contribution in [0.3, 0.4) is 0 Å². The van der Waals surface area contributed by atoms with Crippen LogP contribution in [-0.2, 0) is 0 Å². The van der Waals surface area contributed by atoms with Gasteiger partial charge in [-0.15, -0.1) is 11.8 Å². The van der Waals surface area contributed by atoms with Crippen molar-refractivity contribution in [3.05, 3.63) is 33.9 Å². The third kappa shape index (κ3) is 2.95. The minimum absolute atomic E-state index is 0.00742. The standard InChI is InChI=1S/C10H10N2O3S/c1-7(6-13)16-10-3-2-9(12(14)15)4-8(10)5-11/h2-4,7,13H,6H2,1H3. The molecule has 0 saturated carbocycles. The Balaban J connectivity index is 3.03. The number of benzene rings is 1. The maximum atomic E-state index is 10.5. The third-order valence-corrected chi connectivity index (χ3v) is 3.04. The summed E-state index contributed by atoms with van der Waals surface area (Å²) in [6, 6.07) is 6.05. The molecule has 0 radical (unpaired) electrons. The smallest absolute Gasteiger partial charge is 0.270 e. The first-order valence-electron chi connectivity index (χ1n) is 4.54. The van der Waals surface area contributed by atoms with Gasteiger partial charge in [0.25, 0.3) is 5.69 Å². The first-order chi connectivity index (χ1) is 7.58. The van der Waals surface area contributed by atoms with Gasteiger partial charge in [-0.05, 0) is 6.07 Å². The number of nitro groups is 1. The van der Waals surface area contributed by atoms with E-state index in [0.29, 0.717) is 4.90 Å². The van der Waals surface area contributed by atoms with Crippen LogP contribution in [0.4, 0.5) is 5.69 Å². The average molecular weight is 238 g/mol. The normalized spacial score (nSPS) is 11.8. The van der Waals surface area contributed by atoms with Gasteiger partial charge in [0.1, 0.15) is 6.07 Å². The van der Waals surface area contributed by atoms with Crippen LogP contribution >= 0.6 is 11.8 Å². The fourth-order valence-electron chi connectivity index (χ4n) is 1.08. The molecule has 0 heterocycles. The summed E-state index contributed by atoms with van der Waals surface area (Å²) >= 11 is 1.32. The minimum atomic E-state index is -0.537. The summed E-state index contributed by atoms with van der Waals surface area (Å²) in [4.78, 5) is 10.6. The maximum absolute atomic E-state index is 10.5. The molecule has 1 aromatic rings.